The average Bonchev–Trinajstić information content (AvgIpc) is 1.89. The van der Waals surface area contributed by atoms with Crippen LogP contribution < -0.4 is 0 Å². The average molecular weight is 227 g/mol. The van der Waals surface area contributed by atoms with Gasteiger partial charge in [-0.1, -0.05) is 17.7 Å². The van der Waals surface area contributed by atoms with Gasteiger partial charge in [0.25, 0.3) is 0 Å². The first kappa shape index (κ1) is 9.45. The molecule has 0 radical (unpaired) electrons. The van der Waals surface area contributed by atoms with E-state index in [0.717, 1.165) is 0 Å². The van der Waals surface area contributed by atoms with Crippen molar-refractivity contribution in [2.75, 3.05) is 0 Å². The summed E-state index contributed by atoms with van der Waals surface area (Å²) in [5, 5.41) is 0. The molecule has 0 aromatic heterocycles. The molecular formula is C8H4AgF. The molecule has 2 heteroatoms. The van der Waals surface area contributed by atoms with Crippen LogP contribution in [-0.2, 0) is 22.4 Å². The molecule has 0 nitrogen and oxygen atoms in total. The summed E-state index contributed by atoms with van der Waals surface area (Å²) in [4.78, 5) is 0. The van der Waals surface area contributed by atoms with E-state index in [4.69, 9.17) is 6.42 Å². The van der Waals surface area contributed by atoms with Gasteiger partial charge in [-0.15, -0.1) is 6.07 Å². The minimum Gasteiger partial charge on any atom is -0.366 e. The minimum absolute atomic E-state index is 0. The molecule has 0 atom stereocenters. The van der Waals surface area contributed by atoms with Crippen LogP contribution in [0.3, 0.4) is 0 Å². The summed E-state index contributed by atoms with van der Waals surface area (Å²) in [6.07, 6.45) is 6.59. The summed E-state index contributed by atoms with van der Waals surface area (Å²) in [6, 6.07) is 6.05. The van der Waals surface area contributed by atoms with E-state index in [1.165, 1.54) is 12.1 Å². The van der Waals surface area contributed by atoms with Crippen molar-refractivity contribution >= 4 is 0 Å². The van der Waals surface area contributed by atoms with E-state index in [9.17, 15) is 4.39 Å². The van der Waals surface area contributed by atoms with E-state index in [2.05, 4.69) is 0 Å². The zero-order valence-corrected chi connectivity index (χ0v) is 6.47. The monoisotopic (exact) mass is 226 g/mol. The third-order valence-corrected chi connectivity index (χ3v) is 1.01. The third kappa shape index (κ3) is 2.00. The van der Waals surface area contributed by atoms with Crippen molar-refractivity contribution in [1.29, 1.82) is 0 Å². The molecule has 0 aliphatic heterocycles. The predicted molar refractivity (Wildman–Crippen MR) is 32.6 cm³/mol. The Kier molecular flexibility index (Phi) is 4.06. The van der Waals surface area contributed by atoms with E-state index >= 15 is 0 Å². The normalized spacial score (nSPS) is 7.60. The summed E-state index contributed by atoms with van der Waals surface area (Å²) in [5.74, 6) is 1.57. The molecule has 0 amide bonds. The van der Waals surface area contributed by atoms with Gasteiger partial charge in [0.15, 0.2) is 0 Å². The minimum atomic E-state index is -0.396. The first-order chi connectivity index (χ1) is 4.34. The fourth-order valence-corrected chi connectivity index (χ4v) is 0.563. The summed E-state index contributed by atoms with van der Waals surface area (Å²) in [7, 11) is 0. The van der Waals surface area contributed by atoms with Crippen LogP contribution in [0.2, 0.25) is 0 Å². The van der Waals surface area contributed by atoms with Crippen molar-refractivity contribution < 1.29 is 26.8 Å². The molecule has 0 spiro atoms. The van der Waals surface area contributed by atoms with Gasteiger partial charge in [-0.3, -0.25) is 5.92 Å². The van der Waals surface area contributed by atoms with Gasteiger partial charge in [0, 0.05) is 0 Å². The van der Waals surface area contributed by atoms with E-state index in [-0.39, 0.29) is 27.9 Å². The predicted octanol–water partition coefficient (Wildman–Crippen LogP) is 1.76. The first-order valence-corrected chi connectivity index (χ1v) is 2.52. The van der Waals surface area contributed by atoms with Crippen LogP contribution in [0.1, 0.15) is 5.56 Å². The van der Waals surface area contributed by atoms with E-state index < -0.39 is 5.82 Å². The fourth-order valence-electron chi connectivity index (χ4n) is 0.563. The Labute approximate surface area is 75.0 Å². The van der Waals surface area contributed by atoms with Gasteiger partial charge in [0.1, 0.15) is 0 Å². The van der Waals surface area contributed by atoms with Crippen molar-refractivity contribution in [3.63, 3.8) is 0 Å². The van der Waals surface area contributed by atoms with Crippen LogP contribution in [0.25, 0.3) is 0 Å². The second kappa shape index (κ2) is 4.29. The summed E-state index contributed by atoms with van der Waals surface area (Å²) in [6.45, 7) is 0. The van der Waals surface area contributed by atoms with Crippen molar-refractivity contribution in [1.82, 2.24) is 0 Å². The van der Waals surface area contributed by atoms with E-state index in [1.54, 1.807) is 12.1 Å². The topological polar surface area (TPSA) is 0 Å². The number of hydrogen-bond acceptors (Lipinski definition) is 0. The zero-order valence-electron chi connectivity index (χ0n) is 4.99. The SMILES string of the molecule is [Ag+].[C-]#Cc1ccccc1F. The van der Waals surface area contributed by atoms with Gasteiger partial charge in [-0.2, -0.15) is 0 Å². The molecule has 0 N–H and O–H groups in total. The maximum Gasteiger partial charge on any atom is 1.00 e. The molecule has 1 aromatic rings. The van der Waals surface area contributed by atoms with Crippen LogP contribution in [0.15, 0.2) is 24.3 Å². The molecule has 0 saturated carbocycles. The van der Waals surface area contributed by atoms with Gasteiger partial charge in [0.05, 0.1) is 5.82 Å². The molecule has 0 bridgehead atoms. The summed E-state index contributed by atoms with van der Waals surface area (Å²) >= 11 is 0. The largest absolute Gasteiger partial charge is 1.00 e. The maximum atomic E-state index is 12.4. The second-order valence-corrected chi connectivity index (χ2v) is 1.60. The molecule has 0 saturated heterocycles. The van der Waals surface area contributed by atoms with E-state index in [1.807, 2.05) is 5.92 Å². The Balaban J connectivity index is 0.000000810. The van der Waals surface area contributed by atoms with Crippen LogP contribution in [0.4, 0.5) is 4.39 Å². The Morgan fingerprint density at radius 1 is 1.30 bits per heavy atom. The molecule has 10 heavy (non-hydrogen) atoms. The van der Waals surface area contributed by atoms with Crippen molar-refractivity contribution in [3.8, 4) is 5.92 Å². The fraction of sp³-hybridized carbons (Fsp3) is 0. The molecule has 0 unspecified atom stereocenters. The third-order valence-electron chi connectivity index (χ3n) is 1.01. The van der Waals surface area contributed by atoms with Crippen molar-refractivity contribution in [2.45, 2.75) is 0 Å². The second-order valence-electron chi connectivity index (χ2n) is 1.60. The molecule has 0 aliphatic carbocycles. The number of benzene rings is 1. The van der Waals surface area contributed by atoms with Crippen LogP contribution in [-0.4, -0.2) is 0 Å². The van der Waals surface area contributed by atoms with Crippen molar-refractivity contribution in [3.05, 3.63) is 42.1 Å². The van der Waals surface area contributed by atoms with Crippen LogP contribution >= 0.6 is 0 Å². The molecule has 1 rings (SSSR count). The van der Waals surface area contributed by atoms with Gasteiger partial charge in [-0.25, -0.2) is 4.39 Å². The number of hydrogen-bond donors (Lipinski definition) is 0. The van der Waals surface area contributed by atoms with Crippen LogP contribution in [0.5, 0.6) is 0 Å². The zero-order chi connectivity index (χ0) is 6.69. The summed E-state index contributed by atoms with van der Waals surface area (Å²) in [5.41, 5.74) is 0.206. The van der Waals surface area contributed by atoms with Gasteiger partial charge >= 0.3 is 22.4 Å². The molecule has 1 aromatic carbocycles. The Hall–Kier alpha value is -0.550. The molecule has 0 aliphatic rings. The Morgan fingerprint density at radius 3 is 2.30 bits per heavy atom. The Morgan fingerprint density at radius 2 is 1.90 bits per heavy atom. The summed E-state index contributed by atoms with van der Waals surface area (Å²) < 4.78 is 12.4. The quantitative estimate of drug-likeness (QED) is 0.360. The smallest absolute Gasteiger partial charge is 0.366 e. The number of rotatable bonds is 0. The molecule has 54 valence electrons. The first-order valence-electron chi connectivity index (χ1n) is 2.52. The Bertz CT molecular complexity index is 250. The molecule has 0 heterocycles. The van der Waals surface area contributed by atoms with Gasteiger partial charge < -0.3 is 6.42 Å². The standard InChI is InChI=1S/C8H4F.Ag/c1-2-7-5-3-4-6-8(7)9;/h3-6H;/q-1;+1. The van der Waals surface area contributed by atoms with Crippen molar-refractivity contribution in [2.24, 2.45) is 0 Å². The number of halogens is 1. The molecule has 0 fully saturated rings. The van der Waals surface area contributed by atoms with E-state index in [0.29, 0.717) is 0 Å². The maximum absolute atomic E-state index is 12.4. The van der Waals surface area contributed by atoms with Gasteiger partial charge in [0.2, 0.25) is 0 Å². The van der Waals surface area contributed by atoms with Gasteiger partial charge in [-0.05, 0) is 6.07 Å². The molecular weight excluding hydrogens is 223 g/mol. The van der Waals surface area contributed by atoms with Crippen LogP contribution in [0, 0.1) is 18.2 Å².